The quantitative estimate of drug-likeness (QED) is 0.179. The minimum Gasteiger partial charge on any atom is -0.463 e. The van der Waals surface area contributed by atoms with E-state index in [9.17, 15) is 9.90 Å². The van der Waals surface area contributed by atoms with Crippen molar-refractivity contribution < 1.29 is 14.6 Å². The number of carbonyl (C=O) groups is 1. The predicted octanol–water partition coefficient (Wildman–Crippen LogP) is 5.55. The Morgan fingerprint density at radius 2 is 1.34 bits per heavy atom. The molecule has 0 radical (unpaired) electrons. The SMILES string of the molecule is CC/C=C\C/C=C\C/C=C\C/C=C\C/C=C\CCCCCC(=O)OCC(O)CN. The first-order chi connectivity index (χ1) is 14.2. The lowest BCUT2D eigenvalue weighted by Gasteiger charge is -2.08. The lowest BCUT2D eigenvalue weighted by Crippen LogP contribution is -2.26. The zero-order valence-corrected chi connectivity index (χ0v) is 18.2. The molecule has 164 valence electrons. The van der Waals surface area contributed by atoms with Crippen molar-refractivity contribution >= 4 is 5.97 Å². The van der Waals surface area contributed by atoms with Crippen LogP contribution in [0.1, 0.15) is 71.1 Å². The van der Waals surface area contributed by atoms with Gasteiger partial charge in [-0.3, -0.25) is 4.79 Å². The van der Waals surface area contributed by atoms with E-state index in [2.05, 4.69) is 67.7 Å². The fraction of sp³-hybridized carbons (Fsp3) is 0.560. The molecule has 3 N–H and O–H groups in total. The molecule has 0 heterocycles. The van der Waals surface area contributed by atoms with Crippen LogP contribution in [-0.4, -0.2) is 30.3 Å². The Bertz CT molecular complexity index is 518. The van der Waals surface area contributed by atoms with E-state index < -0.39 is 6.10 Å². The van der Waals surface area contributed by atoms with E-state index in [1.807, 2.05) is 0 Å². The molecule has 0 amide bonds. The van der Waals surface area contributed by atoms with Crippen LogP contribution in [0.3, 0.4) is 0 Å². The van der Waals surface area contributed by atoms with E-state index in [4.69, 9.17) is 10.5 Å². The van der Waals surface area contributed by atoms with Crippen molar-refractivity contribution in [2.45, 2.75) is 77.2 Å². The van der Waals surface area contributed by atoms with Crippen molar-refractivity contribution in [2.24, 2.45) is 5.73 Å². The monoisotopic (exact) mass is 403 g/mol. The number of rotatable bonds is 18. The number of aliphatic hydroxyl groups excluding tert-OH is 1. The molecule has 0 aromatic rings. The third-order valence-corrected chi connectivity index (χ3v) is 4.12. The smallest absolute Gasteiger partial charge is 0.305 e. The third-order valence-electron chi connectivity index (χ3n) is 4.12. The standard InChI is InChI=1S/C25H41NO3/c1-2-3-4-5-6-7-8-9-10-11-12-13-14-15-16-17-18-19-20-21-25(28)29-23-24(27)22-26/h3-4,6-7,9-10,12-13,15-16,24,27H,2,5,8,11,14,17-23,26H2,1H3/b4-3-,7-6-,10-9-,13-12-,16-15-. The summed E-state index contributed by atoms with van der Waals surface area (Å²) in [5.74, 6) is -0.257. The highest BCUT2D eigenvalue weighted by molar-refractivity contribution is 5.69. The Morgan fingerprint density at radius 1 is 0.828 bits per heavy atom. The van der Waals surface area contributed by atoms with Crippen LogP contribution in [0.5, 0.6) is 0 Å². The molecule has 0 bridgehead atoms. The molecule has 0 aliphatic rings. The molecule has 29 heavy (non-hydrogen) atoms. The fourth-order valence-corrected chi connectivity index (χ4v) is 2.41. The molecule has 0 spiro atoms. The maximum Gasteiger partial charge on any atom is 0.305 e. The molecule has 4 heteroatoms. The lowest BCUT2D eigenvalue weighted by molar-refractivity contribution is -0.146. The van der Waals surface area contributed by atoms with E-state index in [0.717, 1.165) is 57.8 Å². The number of carbonyl (C=O) groups excluding carboxylic acids is 1. The lowest BCUT2D eigenvalue weighted by atomic mass is 10.1. The van der Waals surface area contributed by atoms with Crippen molar-refractivity contribution in [1.29, 1.82) is 0 Å². The molecule has 0 saturated carbocycles. The van der Waals surface area contributed by atoms with Gasteiger partial charge in [-0.2, -0.15) is 0 Å². The second-order valence-electron chi connectivity index (χ2n) is 6.88. The zero-order chi connectivity index (χ0) is 21.4. The first-order valence-corrected chi connectivity index (χ1v) is 11.0. The summed E-state index contributed by atoms with van der Waals surface area (Å²) in [7, 11) is 0. The topological polar surface area (TPSA) is 72.5 Å². The summed E-state index contributed by atoms with van der Waals surface area (Å²) in [6, 6.07) is 0. The number of hydrogen-bond acceptors (Lipinski definition) is 4. The van der Waals surface area contributed by atoms with E-state index in [-0.39, 0.29) is 19.1 Å². The van der Waals surface area contributed by atoms with Crippen LogP contribution in [0.25, 0.3) is 0 Å². The van der Waals surface area contributed by atoms with Crippen LogP contribution in [0, 0.1) is 0 Å². The van der Waals surface area contributed by atoms with Crippen molar-refractivity contribution in [2.75, 3.05) is 13.2 Å². The van der Waals surface area contributed by atoms with E-state index in [1.54, 1.807) is 0 Å². The molecule has 0 saturated heterocycles. The van der Waals surface area contributed by atoms with Gasteiger partial charge < -0.3 is 15.6 Å². The second-order valence-corrected chi connectivity index (χ2v) is 6.88. The molecule has 0 aromatic carbocycles. The first-order valence-electron chi connectivity index (χ1n) is 11.0. The molecule has 0 aromatic heterocycles. The Kier molecular flexibility index (Phi) is 20.9. The number of esters is 1. The highest BCUT2D eigenvalue weighted by atomic mass is 16.5. The molecule has 0 fully saturated rings. The minimum atomic E-state index is -0.755. The molecular formula is C25H41NO3. The van der Waals surface area contributed by atoms with Gasteiger partial charge >= 0.3 is 5.97 Å². The third kappa shape index (κ3) is 22.2. The maximum absolute atomic E-state index is 11.4. The van der Waals surface area contributed by atoms with Gasteiger partial charge in [0.25, 0.3) is 0 Å². The van der Waals surface area contributed by atoms with Crippen LogP contribution in [0.4, 0.5) is 0 Å². The molecule has 1 unspecified atom stereocenters. The highest BCUT2D eigenvalue weighted by Gasteiger charge is 2.06. The summed E-state index contributed by atoms with van der Waals surface area (Å²) in [6.45, 7) is 2.26. The van der Waals surface area contributed by atoms with Crippen molar-refractivity contribution in [3.05, 3.63) is 60.8 Å². The summed E-state index contributed by atoms with van der Waals surface area (Å²) >= 11 is 0. The number of allylic oxidation sites excluding steroid dienone is 10. The van der Waals surface area contributed by atoms with Crippen molar-refractivity contribution in [1.82, 2.24) is 0 Å². The van der Waals surface area contributed by atoms with E-state index in [1.165, 1.54) is 0 Å². The van der Waals surface area contributed by atoms with Gasteiger partial charge in [-0.1, -0.05) is 74.1 Å². The number of hydrogen-bond donors (Lipinski definition) is 2. The van der Waals surface area contributed by atoms with Gasteiger partial charge in [0, 0.05) is 13.0 Å². The number of ether oxygens (including phenoxy) is 1. The van der Waals surface area contributed by atoms with E-state index in [0.29, 0.717) is 6.42 Å². The Morgan fingerprint density at radius 3 is 1.86 bits per heavy atom. The van der Waals surface area contributed by atoms with Gasteiger partial charge in [-0.25, -0.2) is 0 Å². The van der Waals surface area contributed by atoms with E-state index >= 15 is 0 Å². The molecular weight excluding hydrogens is 362 g/mol. The largest absolute Gasteiger partial charge is 0.463 e. The first kappa shape index (κ1) is 27.1. The van der Waals surface area contributed by atoms with Gasteiger partial charge in [-0.05, 0) is 51.4 Å². The highest BCUT2D eigenvalue weighted by Crippen LogP contribution is 2.05. The van der Waals surface area contributed by atoms with Gasteiger partial charge in [0.2, 0.25) is 0 Å². The molecule has 0 rings (SSSR count). The van der Waals surface area contributed by atoms with Gasteiger partial charge in [0.15, 0.2) is 0 Å². The summed E-state index contributed by atoms with van der Waals surface area (Å²) < 4.78 is 4.93. The number of unbranched alkanes of at least 4 members (excludes halogenated alkanes) is 3. The molecule has 1 atom stereocenters. The Labute approximate surface area is 177 Å². The maximum atomic E-state index is 11.4. The Balaban J connectivity index is 3.47. The fourth-order valence-electron chi connectivity index (χ4n) is 2.41. The van der Waals surface area contributed by atoms with Gasteiger partial charge in [-0.15, -0.1) is 0 Å². The van der Waals surface area contributed by atoms with Crippen molar-refractivity contribution in [3.8, 4) is 0 Å². The predicted molar refractivity (Wildman–Crippen MR) is 124 cm³/mol. The minimum absolute atomic E-state index is 0.00459. The van der Waals surface area contributed by atoms with Crippen LogP contribution in [-0.2, 0) is 9.53 Å². The van der Waals surface area contributed by atoms with Gasteiger partial charge in [0.1, 0.15) is 12.7 Å². The summed E-state index contributed by atoms with van der Waals surface area (Å²) in [4.78, 5) is 11.4. The summed E-state index contributed by atoms with van der Waals surface area (Å²) in [5, 5.41) is 9.22. The van der Waals surface area contributed by atoms with Crippen LogP contribution < -0.4 is 5.73 Å². The van der Waals surface area contributed by atoms with Gasteiger partial charge in [0.05, 0.1) is 0 Å². The zero-order valence-electron chi connectivity index (χ0n) is 18.2. The van der Waals surface area contributed by atoms with Crippen LogP contribution >= 0.6 is 0 Å². The summed E-state index contributed by atoms with van der Waals surface area (Å²) in [6.07, 6.45) is 30.7. The second kappa shape index (κ2) is 22.4. The molecule has 4 nitrogen and oxygen atoms in total. The molecule has 0 aliphatic heterocycles. The summed E-state index contributed by atoms with van der Waals surface area (Å²) in [5.41, 5.74) is 5.25. The number of nitrogens with two attached hydrogens (primary N) is 1. The normalized spacial score (nSPS) is 13.6. The average Bonchev–Trinajstić information content (AvgIpc) is 2.73. The Hall–Kier alpha value is -1.91. The van der Waals surface area contributed by atoms with Crippen LogP contribution in [0.2, 0.25) is 0 Å². The van der Waals surface area contributed by atoms with Crippen LogP contribution in [0.15, 0.2) is 60.8 Å². The molecule has 0 aliphatic carbocycles. The average molecular weight is 404 g/mol. The van der Waals surface area contributed by atoms with Crippen molar-refractivity contribution in [3.63, 3.8) is 0 Å². The number of aliphatic hydroxyl groups is 1.